The average Bonchev–Trinajstić information content (AvgIpc) is 3.05. The van der Waals surface area contributed by atoms with E-state index in [9.17, 15) is 13.2 Å². The zero-order chi connectivity index (χ0) is 35.2. The van der Waals surface area contributed by atoms with Crippen molar-refractivity contribution in [1.29, 1.82) is 0 Å². The number of hydrogen-bond donors (Lipinski definition) is 4. The Labute approximate surface area is 285 Å². The van der Waals surface area contributed by atoms with E-state index >= 15 is 0 Å². The van der Waals surface area contributed by atoms with Crippen LogP contribution in [0.1, 0.15) is 26.3 Å². The molecule has 4 aromatic rings. The second-order valence-electron chi connectivity index (χ2n) is 12.4. The molecule has 4 N–H and O–H groups in total. The van der Waals surface area contributed by atoms with Gasteiger partial charge < -0.3 is 34.9 Å². The van der Waals surface area contributed by atoms with Crippen molar-refractivity contribution in [3.05, 3.63) is 54.1 Å². The molecule has 1 fully saturated rings. The molecule has 2 heterocycles. The number of amides is 2. The summed E-state index contributed by atoms with van der Waals surface area (Å²) in [5.74, 6) is 0.935. The molecule has 3 aromatic carbocycles. The van der Waals surface area contributed by atoms with Gasteiger partial charge in [-0.05, 0) is 35.2 Å². The van der Waals surface area contributed by atoms with Crippen LogP contribution in [0.3, 0.4) is 0 Å². The van der Waals surface area contributed by atoms with Gasteiger partial charge in [-0.1, -0.05) is 45.0 Å². The maximum Gasteiger partial charge on any atom is 0.330 e. The third-order valence-corrected chi connectivity index (χ3v) is 8.22. The minimum absolute atomic E-state index is 0.0358. The summed E-state index contributed by atoms with van der Waals surface area (Å²) in [7, 11) is -0.759. The molecule has 5 rings (SSSR count). The first-order chi connectivity index (χ1) is 23.3. The lowest BCUT2D eigenvalue weighted by molar-refractivity contribution is 0.0398. The lowest BCUT2D eigenvalue weighted by atomic mass is 9.86. The summed E-state index contributed by atoms with van der Waals surface area (Å²) in [5.41, 5.74) is 1.43. The van der Waals surface area contributed by atoms with E-state index in [1.807, 2.05) is 45.0 Å². The molecular formula is C33H42N8O7S. The lowest BCUT2D eigenvalue weighted by Gasteiger charge is -2.26. The zero-order valence-corrected chi connectivity index (χ0v) is 29.2. The van der Waals surface area contributed by atoms with Gasteiger partial charge in [0.25, 0.3) is 0 Å². The quantitative estimate of drug-likeness (QED) is 0.158. The molecular weight excluding hydrogens is 652 g/mol. The van der Waals surface area contributed by atoms with Crippen LogP contribution in [0, 0.1) is 0 Å². The molecule has 0 atom stereocenters. The standard InChI is InChI=1S/C33H42N8O7S/c1-33(2,3)21-19-25(28(45-4)26(20-21)40-49(6,43)44)36-30(42)35-24-11-12-27(23-10-8-7-9-22(23)24)48-32-38-29(37-31(39-32)46-5)34-13-14-41-15-17-47-18-16-41/h7-12,19-20,40H,13-18H2,1-6H3,(H2,35,36,42)(H,34,37,38,39). The predicted octanol–water partition coefficient (Wildman–Crippen LogP) is 4.89. The Balaban J connectivity index is 1.36. The number of ether oxygens (including phenoxy) is 4. The van der Waals surface area contributed by atoms with Gasteiger partial charge in [-0.25, -0.2) is 13.2 Å². The number of sulfonamides is 1. The van der Waals surface area contributed by atoms with Gasteiger partial charge in [-0.3, -0.25) is 9.62 Å². The number of nitrogens with one attached hydrogen (secondary N) is 4. The summed E-state index contributed by atoms with van der Waals surface area (Å²) in [4.78, 5) is 28.7. The maximum absolute atomic E-state index is 13.4. The van der Waals surface area contributed by atoms with Gasteiger partial charge in [0, 0.05) is 37.0 Å². The third kappa shape index (κ3) is 9.37. The number of methoxy groups -OCH3 is 2. The number of aromatic nitrogens is 3. The second-order valence-corrected chi connectivity index (χ2v) is 14.1. The molecule has 0 radical (unpaired) electrons. The Morgan fingerprint density at radius 3 is 2.24 bits per heavy atom. The number of hydrogen-bond acceptors (Lipinski definition) is 12. The summed E-state index contributed by atoms with van der Waals surface area (Å²) in [5, 5.41) is 10.3. The number of benzene rings is 3. The van der Waals surface area contributed by atoms with Crippen molar-refractivity contribution < 1.29 is 32.2 Å². The summed E-state index contributed by atoms with van der Waals surface area (Å²) in [6, 6.07) is 13.8. The summed E-state index contributed by atoms with van der Waals surface area (Å²) in [6.45, 7) is 10.5. The SMILES string of the molecule is COc1nc(NCCN2CCOCC2)nc(Oc2ccc(NC(=O)Nc3cc(C(C)(C)C)cc(NS(C)(=O)=O)c3OC)c3ccccc23)n1. The van der Waals surface area contributed by atoms with Crippen LogP contribution in [0.15, 0.2) is 48.5 Å². The van der Waals surface area contributed by atoms with Crippen LogP contribution in [0.2, 0.25) is 0 Å². The van der Waals surface area contributed by atoms with Crippen molar-refractivity contribution >= 4 is 49.8 Å². The topological polar surface area (TPSA) is 178 Å². The van der Waals surface area contributed by atoms with Gasteiger partial charge in [-0.2, -0.15) is 9.97 Å². The number of carbonyl (C=O) groups excluding carboxylic acids is 1. The van der Waals surface area contributed by atoms with E-state index < -0.39 is 16.1 Å². The number of anilines is 4. The van der Waals surface area contributed by atoms with E-state index in [2.05, 4.69) is 40.5 Å². The Bertz CT molecular complexity index is 1910. The molecule has 16 heteroatoms. The molecule has 1 aromatic heterocycles. The average molecular weight is 695 g/mol. The highest BCUT2D eigenvalue weighted by molar-refractivity contribution is 7.92. The van der Waals surface area contributed by atoms with E-state index in [1.54, 1.807) is 24.3 Å². The Kier molecular flexibility index (Phi) is 10.9. The normalized spacial score (nSPS) is 13.8. The van der Waals surface area contributed by atoms with Crippen LogP contribution in [0.5, 0.6) is 23.5 Å². The van der Waals surface area contributed by atoms with Crippen molar-refractivity contribution in [2.75, 3.05) is 80.5 Å². The zero-order valence-electron chi connectivity index (χ0n) is 28.4. The van der Waals surface area contributed by atoms with Crippen LogP contribution >= 0.6 is 0 Å². The first kappa shape index (κ1) is 35.4. The van der Waals surface area contributed by atoms with Gasteiger partial charge in [0.15, 0.2) is 5.75 Å². The van der Waals surface area contributed by atoms with Gasteiger partial charge in [0.1, 0.15) is 5.75 Å². The van der Waals surface area contributed by atoms with Crippen molar-refractivity contribution in [3.8, 4) is 23.5 Å². The van der Waals surface area contributed by atoms with Crippen molar-refractivity contribution in [2.24, 2.45) is 0 Å². The van der Waals surface area contributed by atoms with E-state index in [0.29, 0.717) is 40.4 Å². The van der Waals surface area contributed by atoms with E-state index in [0.717, 1.165) is 44.7 Å². The molecule has 15 nitrogen and oxygen atoms in total. The number of fused-ring (bicyclic) bond motifs is 1. The second kappa shape index (κ2) is 15.1. The minimum Gasteiger partial charge on any atom is -0.492 e. The summed E-state index contributed by atoms with van der Waals surface area (Å²) < 4.78 is 49.1. The number of morpholine rings is 1. The minimum atomic E-state index is -3.63. The van der Waals surface area contributed by atoms with Crippen molar-refractivity contribution in [1.82, 2.24) is 19.9 Å². The molecule has 262 valence electrons. The van der Waals surface area contributed by atoms with E-state index in [1.165, 1.54) is 14.2 Å². The van der Waals surface area contributed by atoms with Crippen LogP contribution < -0.4 is 34.9 Å². The lowest BCUT2D eigenvalue weighted by Crippen LogP contribution is -2.39. The molecule has 0 bridgehead atoms. The van der Waals surface area contributed by atoms with Crippen LogP contribution in [-0.4, -0.2) is 94.2 Å². The fourth-order valence-electron chi connectivity index (χ4n) is 5.20. The number of urea groups is 1. The number of nitrogens with zero attached hydrogens (tertiary/aromatic N) is 4. The van der Waals surface area contributed by atoms with Gasteiger partial charge in [0.05, 0.1) is 50.8 Å². The van der Waals surface area contributed by atoms with Crippen LogP contribution in [0.4, 0.5) is 27.8 Å². The van der Waals surface area contributed by atoms with Crippen LogP contribution in [-0.2, 0) is 20.2 Å². The molecule has 0 spiro atoms. The largest absolute Gasteiger partial charge is 0.492 e. The third-order valence-electron chi connectivity index (χ3n) is 7.63. The van der Waals surface area contributed by atoms with Crippen molar-refractivity contribution in [2.45, 2.75) is 26.2 Å². The molecule has 1 aliphatic heterocycles. The Hall–Kier alpha value is -4.93. The van der Waals surface area contributed by atoms with Crippen LogP contribution in [0.25, 0.3) is 10.8 Å². The molecule has 0 saturated carbocycles. The predicted molar refractivity (Wildman–Crippen MR) is 189 cm³/mol. The Morgan fingerprint density at radius 2 is 1.57 bits per heavy atom. The number of carbonyl (C=O) groups is 1. The summed E-state index contributed by atoms with van der Waals surface area (Å²) >= 11 is 0. The monoisotopic (exact) mass is 694 g/mol. The Morgan fingerprint density at radius 1 is 0.898 bits per heavy atom. The molecule has 0 aliphatic carbocycles. The highest BCUT2D eigenvalue weighted by Crippen LogP contribution is 2.40. The summed E-state index contributed by atoms with van der Waals surface area (Å²) in [6.07, 6.45) is 1.05. The highest BCUT2D eigenvalue weighted by atomic mass is 32.2. The van der Waals surface area contributed by atoms with Gasteiger partial charge in [0.2, 0.25) is 16.0 Å². The molecule has 1 aliphatic rings. The first-order valence-corrected chi connectivity index (χ1v) is 17.5. The van der Waals surface area contributed by atoms with Gasteiger partial charge in [-0.15, -0.1) is 4.98 Å². The van der Waals surface area contributed by atoms with E-state index in [4.69, 9.17) is 18.9 Å². The van der Waals surface area contributed by atoms with Gasteiger partial charge >= 0.3 is 18.1 Å². The van der Waals surface area contributed by atoms with Crippen molar-refractivity contribution in [3.63, 3.8) is 0 Å². The smallest absolute Gasteiger partial charge is 0.330 e. The molecule has 2 amide bonds. The van der Waals surface area contributed by atoms with E-state index in [-0.39, 0.29) is 28.9 Å². The number of rotatable bonds is 12. The highest BCUT2D eigenvalue weighted by Gasteiger charge is 2.23. The molecule has 1 saturated heterocycles. The first-order valence-electron chi connectivity index (χ1n) is 15.6. The maximum atomic E-state index is 13.4. The fraction of sp³-hybridized carbons (Fsp3) is 0.394. The molecule has 49 heavy (non-hydrogen) atoms. The fourth-order valence-corrected chi connectivity index (χ4v) is 5.75. The molecule has 0 unspecified atom stereocenters.